The summed E-state index contributed by atoms with van der Waals surface area (Å²) in [5.41, 5.74) is 8.78. The lowest BCUT2D eigenvalue weighted by molar-refractivity contribution is 0.103. The number of ketones is 1. The van der Waals surface area contributed by atoms with Gasteiger partial charge in [0, 0.05) is 22.5 Å². The third-order valence-electron chi connectivity index (χ3n) is 5.58. The maximum Gasteiger partial charge on any atom is 0.294 e. The van der Waals surface area contributed by atoms with Crippen molar-refractivity contribution in [1.82, 2.24) is 0 Å². The summed E-state index contributed by atoms with van der Waals surface area (Å²) in [7, 11) is -8.45. The van der Waals surface area contributed by atoms with Crippen LogP contribution in [0.25, 0.3) is 0 Å². The number of anilines is 2. The molecule has 180 valence electrons. The highest BCUT2D eigenvalue weighted by molar-refractivity contribution is 7.92. The smallest absolute Gasteiger partial charge is 0.294 e. The van der Waals surface area contributed by atoms with Gasteiger partial charge in [-0.1, -0.05) is 12.1 Å². The minimum atomic E-state index is -4.46. The molecule has 3 aromatic carbocycles. The van der Waals surface area contributed by atoms with E-state index in [1.54, 1.807) is 51.1 Å². The Kier molecular flexibility index (Phi) is 6.88. The molecular formula is C24H26N2O6S2. The summed E-state index contributed by atoms with van der Waals surface area (Å²) in [4.78, 5) is 12.7. The molecule has 4 N–H and O–H groups in total. The molecule has 0 heterocycles. The first kappa shape index (κ1) is 25.4. The van der Waals surface area contributed by atoms with Crippen LogP contribution in [0.1, 0.15) is 39.5 Å². The third-order valence-corrected chi connectivity index (χ3v) is 8.53. The normalized spacial score (nSPS) is 12.9. The molecule has 0 bridgehead atoms. The molecule has 0 aliphatic heterocycles. The van der Waals surface area contributed by atoms with Gasteiger partial charge in [0.1, 0.15) is 5.37 Å². The summed E-state index contributed by atoms with van der Waals surface area (Å²) in [6, 6.07) is 13.3. The Bertz CT molecular complexity index is 1480. The number of hydrogen-bond donors (Lipinski definition) is 3. The molecule has 0 aliphatic carbocycles. The van der Waals surface area contributed by atoms with Crippen molar-refractivity contribution in [3.63, 3.8) is 0 Å². The van der Waals surface area contributed by atoms with Crippen LogP contribution < -0.4 is 11.1 Å². The lowest BCUT2D eigenvalue weighted by Gasteiger charge is -2.20. The Balaban J connectivity index is 2.01. The Morgan fingerprint density at radius 3 is 2.09 bits per heavy atom. The summed E-state index contributed by atoms with van der Waals surface area (Å²) >= 11 is 0. The van der Waals surface area contributed by atoms with E-state index in [1.807, 2.05) is 0 Å². The maximum atomic E-state index is 13.5. The number of nitrogen functional groups attached to an aromatic ring is 1. The lowest BCUT2D eigenvalue weighted by Crippen LogP contribution is -2.28. The Labute approximate surface area is 199 Å². The molecule has 1 unspecified atom stereocenters. The number of sulfone groups is 1. The number of rotatable bonds is 7. The average molecular weight is 503 g/mol. The molecule has 10 heteroatoms. The van der Waals surface area contributed by atoms with Crippen LogP contribution in [-0.4, -0.2) is 32.5 Å². The van der Waals surface area contributed by atoms with Gasteiger partial charge in [-0.2, -0.15) is 8.42 Å². The molecule has 1 atom stereocenters. The second kappa shape index (κ2) is 9.21. The zero-order valence-electron chi connectivity index (χ0n) is 19.2. The Hall–Kier alpha value is -3.21. The molecule has 0 saturated heterocycles. The van der Waals surface area contributed by atoms with Crippen molar-refractivity contribution in [1.29, 1.82) is 0 Å². The SMILES string of the molecule is Cc1ccc(S(=O)(=O)O)cc1NC(C)S(=O)(=O)c1cc(C(=O)c2ccc(N)cc2)c(C)cc1C. The predicted molar refractivity (Wildman–Crippen MR) is 131 cm³/mol. The first-order valence-electron chi connectivity index (χ1n) is 10.3. The van der Waals surface area contributed by atoms with Gasteiger partial charge in [-0.05, 0) is 86.8 Å². The van der Waals surface area contributed by atoms with E-state index in [4.69, 9.17) is 5.73 Å². The average Bonchev–Trinajstić information content (AvgIpc) is 2.74. The minimum Gasteiger partial charge on any atom is -0.399 e. The van der Waals surface area contributed by atoms with Crippen molar-refractivity contribution in [3.05, 3.63) is 82.4 Å². The van der Waals surface area contributed by atoms with E-state index in [9.17, 15) is 26.2 Å². The van der Waals surface area contributed by atoms with Crippen LogP contribution in [0.5, 0.6) is 0 Å². The zero-order chi connectivity index (χ0) is 25.4. The van der Waals surface area contributed by atoms with Crippen molar-refractivity contribution < 1.29 is 26.2 Å². The van der Waals surface area contributed by atoms with Gasteiger partial charge in [0.2, 0.25) is 0 Å². The third kappa shape index (κ3) is 5.14. The van der Waals surface area contributed by atoms with Gasteiger partial charge in [-0.25, -0.2) is 8.42 Å². The highest BCUT2D eigenvalue weighted by Crippen LogP contribution is 2.28. The molecule has 3 rings (SSSR count). The topological polar surface area (TPSA) is 144 Å². The van der Waals surface area contributed by atoms with Gasteiger partial charge >= 0.3 is 0 Å². The van der Waals surface area contributed by atoms with Gasteiger partial charge in [-0.15, -0.1) is 0 Å². The number of nitrogens with one attached hydrogen (secondary N) is 1. The lowest BCUT2D eigenvalue weighted by atomic mass is 9.97. The van der Waals surface area contributed by atoms with Crippen LogP contribution in [0.2, 0.25) is 0 Å². The molecule has 0 spiro atoms. The number of hydrogen-bond acceptors (Lipinski definition) is 7. The Morgan fingerprint density at radius 1 is 0.882 bits per heavy atom. The van der Waals surface area contributed by atoms with Crippen LogP contribution in [0, 0.1) is 20.8 Å². The van der Waals surface area contributed by atoms with Crippen LogP contribution in [0.3, 0.4) is 0 Å². The molecule has 8 nitrogen and oxygen atoms in total. The minimum absolute atomic E-state index is 0.0134. The molecule has 0 aliphatic rings. The van der Waals surface area contributed by atoms with E-state index in [-0.39, 0.29) is 26.8 Å². The van der Waals surface area contributed by atoms with E-state index in [1.165, 1.54) is 31.2 Å². The van der Waals surface area contributed by atoms with E-state index in [0.29, 0.717) is 27.9 Å². The fourth-order valence-electron chi connectivity index (χ4n) is 3.58. The van der Waals surface area contributed by atoms with E-state index in [2.05, 4.69) is 5.32 Å². The fourth-order valence-corrected chi connectivity index (χ4v) is 5.54. The van der Waals surface area contributed by atoms with Gasteiger partial charge in [0.05, 0.1) is 9.79 Å². The molecule has 0 radical (unpaired) electrons. The fraction of sp³-hybridized carbons (Fsp3) is 0.208. The zero-order valence-corrected chi connectivity index (χ0v) is 20.8. The second-order valence-corrected chi connectivity index (χ2v) is 11.8. The number of benzene rings is 3. The van der Waals surface area contributed by atoms with Crippen molar-refractivity contribution in [2.45, 2.75) is 42.9 Å². The maximum absolute atomic E-state index is 13.5. The van der Waals surface area contributed by atoms with Crippen LogP contribution >= 0.6 is 0 Å². The molecule has 0 saturated carbocycles. The van der Waals surface area contributed by atoms with Crippen molar-refractivity contribution in [3.8, 4) is 0 Å². The van der Waals surface area contributed by atoms with Gasteiger partial charge in [0.25, 0.3) is 10.1 Å². The van der Waals surface area contributed by atoms with Crippen molar-refractivity contribution in [2.75, 3.05) is 11.1 Å². The Morgan fingerprint density at radius 2 is 1.50 bits per heavy atom. The highest BCUT2D eigenvalue weighted by atomic mass is 32.2. The van der Waals surface area contributed by atoms with E-state index >= 15 is 0 Å². The van der Waals surface area contributed by atoms with Crippen LogP contribution in [-0.2, 0) is 20.0 Å². The first-order valence-corrected chi connectivity index (χ1v) is 13.3. The number of carbonyl (C=O) groups is 1. The molecule has 34 heavy (non-hydrogen) atoms. The predicted octanol–water partition coefficient (Wildman–Crippen LogP) is 3.90. The largest absolute Gasteiger partial charge is 0.399 e. The molecule has 0 aromatic heterocycles. The summed E-state index contributed by atoms with van der Waals surface area (Å²) < 4.78 is 59.2. The van der Waals surface area contributed by atoms with Gasteiger partial charge < -0.3 is 11.1 Å². The molecule has 3 aromatic rings. The summed E-state index contributed by atoms with van der Waals surface area (Å²) in [5.74, 6) is -0.328. The number of carbonyl (C=O) groups excluding carboxylic acids is 1. The first-order chi connectivity index (χ1) is 15.7. The van der Waals surface area contributed by atoms with Gasteiger partial charge in [-0.3, -0.25) is 9.35 Å². The summed E-state index contributed by atoms with van der Waals surface area (Å²) in [5, 5.41) is 1.66. The molecular weight excluding hydrogens is 476 g/mol. The quantitative estimate of drug-likeness (QED) is 0.251. The summed E-state index contributed by atoms with van der Waals surface area (Å²) in [6.07, 6.45) is 0. The monoisotopic (exact) mass is 502 g/mol. The van der Waals surface area contributed by atoms with Crippen molar-refractivity contribution >= 4 is 37.1 Å². The van der Waals surface area contributed by atoms with Crippen LogP contribution in [0.15, 0.2) is 64.4 Å². The molecule has 0 fully saturated rings. The van der Waals surface area contributed by atoms with Gasteiger partial charge in [0.15, 0.2) is 15.6 Å². The second-order valence-electron chi connectivity index (χ2n) is 8.17. The van der Waals surface area contributed by atoms with E-state index < -0.39 is 25.3 Å². The number of nitrogens with two attached hydrogens (primary N) is 1. The number of aryl methyl sites for hydroxylation is 3. The highest BCUT2D eigenvalue weighted by Gasteiger charge is 2.28. The van der Waals surface area contributed by atoms with Crippen LogP contribution in [0.4, 0.5) is 11.4 Å². The van der Waals surface area contributed by atoms with E-state index in [0.717, 1.165) is 0 Å². The van der Waals surface area contributed by atoms with Crippen molar-refractivity contribution in [2.24, 2.45) is 0 Å². The molecule has 0 amide bonds. The summed E-state index contributed by atoms with van der Waals surface area (Å²) in [6.45, 7) is 6.49. The standard InChI is InChI=1S/C24H26N2O6S2/c1-14-5-10-20(34(30,31)32)12-22(14)26-17(4)33(28,29)23-13-21(15(2)11-16(23)3)24(27)18-6-8-19(25)9-7-18/h5-13,17,26H,25H2,1-4H3,(H,30,31,32).